The molecule has 0 spiro atoms. The Morgan fingerprint density at radius 2 is 1.74 bits per heavy atom. The summed E-state index contributed by atoms with van der Waals surface area (Å²) >= 11 is 1.65. The van der Waals surface area contributed by atoms with E-state index in [9.17, 15) is 8.42 Å². The van der Waals surface area contributed by atoms with E-state index in [0.717, 1.165) is 52.3 Å². The highest BCUT2D eigenvalue weighted by Gasteiger charge is 2.26. The van der Waals surface area contributed by atoms with E-state index < -0.39 is 9.84 Å². The van der Waals surface area contributed by atoms with E-state index in [4.69, 9.17) is 9.72 Å². The molecule has 1 unspecified atom stereocenters. The number of likely N-dealkylation sites (tertiary alicyclic amines) is 1. The lowest BCUT2D eigenvalue weighted by molar-refractivity contribution is -0.0234. The highest BCUT2D eigenvalue weighted by atomic mass is 32.2. The lowest BCUT2D eigenvalue weighted by atomic mass is 10.0. The van der Waals surface area contributed by atoms with E-state index in [1.54, 1.807) is 47.7 Å². The van der Waals surface area contributed by atoms with Crippen molar-refractivity contribution in [3.05, 3.63) is 100 Å². The smallest absolute Gasteiger partial charge is 0.199 e. The van der Waals surface area contributed by atoms with Crippen molar-refractivity contribution in [2.45, 2.75) is 29.9 Å². The molecule has 180 valence electrons. The van der Waals surface area contributed by atoms with Gasteiger partial charge in [0.15, 0.2) is 9.84 Å². The van der Waals surface area contributed by atoms with Crippen LogP contribution in [0.15, 0.2) is 89.2 Å². The van der Waals surface area contributed by atoms with Crippen molar-refractivity contribution in [3.63, 3.8) is 0 Å². The number of fused-ring (bicyclic) bond motifs is 1. The van der Waals surface area contributed by atoms with Gasteiger partial charge in [0.25, 0.3) is 0 Å². The zero-order valence-electron chi connectivity index (χ0n) is 19.6. The minimum Gasteiger partial charge on any atom is -0.363 e. The first-order valence-electron chi connectivity index (χ1n) is 11.8. The number of para-hydroxylation sites is 1. The molecule has 1 fully saturated rings. The number of sulfone groups is 1. The van der Waals surface area contributed by atoms with Crippen LogP contribution in [0.1, 0.15) is 35.1 Å². The molecular formula is C28H28N2O3S2. The molecule has 1 aliphatic rings. The summed E-state index contributed by atoms with van der Waals surface area (Å²) < 4.78 is 33.2. The van der Waals surface area contributed by atoms with Gasteiger partial charge in [-0.15, -0.1) is 11.3 Å². The average Bonchev–Trinajstić information content (AvgIpc) is 3.32. The predicted octanol–water partition coefficient (Wildman–Crippen LogP) is 5.94. The van der Waals surface area contributed by atoms with E-state index in [2.05, 4.69) is 18.0 Å². The molecule has 7 heteroatoms. The number of rotatable bonds is 7. The molecule has 0 amide bonds. The van der Waals surface area contributed by atoms with Crippen molar-refractivity contribution in [3.8, 4) is 0 Å². The SMILES string of the molecule is CN1CCC(OC(c2cccc(/C=C/S(=O)(=O)c3ccccc3)c2)c2nc3ccccc3s2)CC1. The summed E-state index contributed by atoms with van der Waals surface area (Å²) in [6.07, 6.45) is 3.46. The average molecular weight is 505 g/mol. The molecule has 1 saturated heterocycles. The van der Waals surface area contributed by atoms with Gasteiger partial charge in [0.1, 0.15) is 11.1 Å². The van der Waals surface area contributed by atoms with Gasteiger partial charge in [-0.2, -0.15) is 0 Å². The lowest BCUT2D eigenvalue weighted by Crippen LogP contribution is -2.35. The number of ether oxygens (including phenoxy) is 1. The largest absolute Gasteiger partial charge is 0.363 e. The number of hydrogen-bond donors (Lipinski definition) is 0. The maximum atomic E-state index is 12.7. The zero-order valence-corrected chi connectivity index (χ0v) is 21.2. The van der Waals surface area contributed by atoms with Gasteiger partial charge < -0.3 is 9.64 Å². The number of hydrogen-bond acceptors (Lipinski definition) is 6. The Morgan fingerprint density at radius 1 is 1.00 bits per heavy atom. The summed E-state index contributed by atoms with van der Waals surface area (Å²) in [5, 5.41) is 2.19. The molecule has 1 aromatic heterocycles. The quantitative estimate of drug-likeness (QED) is 0.312. The fourth-order valence-corrected chi connectivity index (χ4v) is 6.34. The Hall–Kier alpha value is -2.84. The third kappa shape index (κ3) is 5.70. The summed E-state index contributed by atoms with van der Waals surface area (Å²) in [4.78, 5) is 7.50. The molecular weight excluding hydrogens is 476 g/mol. The fraction of sp³-hybridized carbons (Fsp3) is 0.250. The molecule has 1 aliphatic heterocycles. The Balaban J connectivity index is 1.46. The van der Waals surface area contributed by atoms with Crippen LogP contribution in [-0.4, -0.2) is 44.5 Å². The molecule has 2 heterocycles. The summed E-state index contributed by atoms with van der Waals surface area (Å²) in [7, 11) is -1.38. The van der Waals surface area contributed by atoms with Crippen molar-refractivity contribution in [1.82, 2.24) is 9.88 Å². The van der Waals surface area contributed by atoms with Gasteiger partial charge in [-0.3, -0.25) is 0 Å². The van der Waals surface area contributed by atoms with E-state index in [-0.39, 0.29) is 17.1 Å². The van der Waals surface area contributed by atoms with Crippen LogP contribution in [-0.2, 0) is 14.6 Å². The second-order valence-corrected chi connectivity index (χ2v) is 11.8. The Morgan fingerprint density at radius 3 is 2.51 bits per heavy atom. The van der Waals surface area contributed by atoms with Crippen LogP contribution in [0.25, 0.3) is 16.3 Å². The van der Waals surface area contributed by atoms with Crippen molar-refractivity contribution < 1.29 is 13.2 Å². The van der Waals surface area contributed by atoms with Crippen LogP contribution in [0.3, 0.4) is 0 Å². The Kier molecular flexibility index (Phi) is 7.11. The molecule has 5 rings (SSSR count). The van der Waals surface area contributed by atoms with Gasteiger partial charge >= 0.3 is 0 Å². The summed E-state index contributed by atoms with van der Waals surface area (Å²) in [6.45, 7) is 2.02. The summed E-state index contributed by atoms with van der Waals surface area (Å²) in [5.41, 5.74) is 2.75. The number of thiazole rings is 1. The highest BCUT2D eigenvalue weighted by Crippen LogP contribution is 2.35. The van der Waals surface area contributed by atoms with Crippen LogP contribution < -0.4 is 0 Å². The lowest BCUT2D eigenvalue weighted by Gasteiger charge is -2.31. The summed E-state index contributed by atoms with van der Waals surface area (Å²) in [5.74, 6) is 0. The third-order valence-electron chi connectivity index (χ3n) is 6.25. The maximum absolute atomic E-state index is 12.7. The number of benzene rings is 3. The van der Waals surface area contributed by atoms with Crippen LogP contribution in [0.5, 0.6) is 0 Å². The van der Waals surface area contributed by atoms with E-state index in [1.165, 1.54) is 5.41 Å². The van der Waals surface area contributed by atoms with Gasteiger partial charge in [0.2, 0.25) is 0 Å². The molecule has 3 aromatic carbocycles. The highest BCUT2D eigenvalue weighted by molar-refractivity contribution is 7.94. The van der Waals surface area contributed by atoms with Gasteiger partial charge in [-0.05, 0) is 67.4 Å². The molecule has 4 aromatic rings. The van der Waals surface area contributed by atoms with E-state index in [0.29, 0.717) is 0 Å². The maximum Gasteiger partial charge on any atom is 0.199 e. The van der Waals surface area contributed by atoms with E-state index in [1.807, 2.05) is 42.5 Å². The van der Waals surface area contributed by atoms with Gasteiger partial charge in [-0.25, -0.2) is 13.4 Å². The number of nitrogens with zero attached hydrogens (tertiary/aromatic N) is 2. The minimum absolute atomic E-state index is 0.154. The molecule has 35 heavy (non-hydrogen) atoms. The molecule has 0 bridgehead atoms. The molecule has 0 saturated carbocycles. The molecule has 1 atom stereocenters. The number of piperidine rings is 1. The van der Waals surface area contributed by atoms with Crippen molar-refractivity contribution >= 4 is 37.5 Å². The molecule has 0 aliphatic carbocycles. The number of aromatic nitrogens is 1. The summed E-state index contributed by atoms with van der Waals surface area (Å²) in [6, 6.07) is 24.5. The molecule has 0 N–H and O–H groups in total. The molecule has 0 radical (unpaired) electrons. The van der Waals surface area contributed by atoms with Gasteiger partial charge in [0, 0.05) is 18.5 Å². The monoisotopic (exact) mass is 504 g/mol. The second kappa shape index (κ2) is 10.4. The fourth-order valence-electron chi connectivity index (χ4n) is 4.28. The van der Waals surface area contributed by atoms with Gasteiger partial charge in [0.05, 0.1) is 21.2 Å². The Labute approximate surface area is 210 Å². The van der Waals surface area contributed by atoms with Crippen molar-refractivity contribution in [2.24, 2.45) is 0 Å². The normalized spacial score (nSPS) is 16.7. The molecule has 5 nitrogen and oxygen atoms in total. The van der Waals surface area contributed by atoms with Crippen LogP contribution in [0.4, 0.5) is 0 Å². The zero-order chi connectivity index (χ0) is 24.3. The van der Waals surface area contributed by atoms with Gasteiger partial charge in [-0.1, -0.05) is 48.5 Å². The van der Waals surface area contributed by atoms with Crippen LogP contribution >= 0.6 is 11.3 Å². The first kappa shape index (κ1) is 23.9. The topological polar surface area (TPSA) is 59.5 Å². The van der Waals surface area contributed by atoms with Crippen LogP contribution in [0, 0.1) is 0 Å². The van der Waals surface area contributed by atoms with Crippen LogP contribution in [0.2, 0.25) is 0 Å². The van der Waals surface area contributed by atoms with Crippen molar-refractivity contribution in [1.29, 1.82) is 0 Å². The Bertz CT molecular complexity index is 1390. The third-order valence-corrected chi connectivity index (χ3v) is 8.76. The second-order valence-electron chi connectivity index (χ2n) is 8.87. The van der Waals surface area contributed by atoms with Crippen molar-refractivity contribution in [2.75, 3.05) is 20.1 Å². The van der Waals surface area contributed by atoms with E-state index >= 15 is 0 Å². The minimum atomic E-state index is -3.52. The first-order valence-corrected chi connectivity index (χ1v) is 14.1. The predicted molar refractivity (Wildman–Crippen MR) is 142 cm³/mol. The first-order chi connectivity index (χ1) is 17.0. The standard InChI is InChI=1S/C28H28N2O3S2/c1-30-17-14-23(15-18-30)33-27(28-29-25-12-5-6-13-26(25)34-28)22-9-7-8-21(20-22)16-19-35(31,32)24-10-3-2-4-11-24/h2-13,16,19-20,23,27H,14-15,17-18H2,1H3/b19-16+.